The first kappa shape index (κ1) is 20.1. The van der Waals surface area contributed by atoms with Gasteiger partial charge in [-0.3, -0.25) is 0 Å². The zero-order valence-electron chi connectivity index (χ0n) is 18.7. The fraction of sp³-hybridized carbons (Fsp3) is 0.200. The minimum atomic E-state index is 0.234. The lowest BCUT2D eigenvalue weighted by atomic mass is 9.96. The first-order valence-electron chi connectivity index (χ1n) is 11.9. The monoisotopic (exact) mass is 431 g/mol. The molecule has 4 aromatic carbocycles. The summed E-state index contributed by atoms with van der Waals surface area (Å²) in [6.07, 6.45) is 1.95. The van der Waals surface area contributed by atoms with Crippen LogP contribution < -0.4 is 16.0 Å². The van der Waals surface area contributed by atoms with Crippen LogP contribution in [0.25, 0.3) is 0 Å². The minimum Gasteiger partial charge on any atom is -0.377 e. The maximum absolute atomic E-state index is 3.82. The normalized spacial score (nSPS) is 18.3. The summed E-state index contributed by atoms with van der Waals surface area (Å²) < 4.78 is 0. The SMILES string of the molecule is c1ccc2c(c1)Cc1ccccc1C(CNCC1Nc3ccccc3Cc3ccccc31)N2. The Morgan fingerprint density at radius 1 is 0.515 bits per heavy atom. The predicted molar refractivity (Wildman–Crippen MR) is 137 cm³/mol. The topological polar surface area (TPSA) is 36.1 Å². The summed E-state index contributed by atoms with van der Waals surface area (Å²) >= 11 is 0. The Balaban J connectivity index is 1.24. The maximum Gasteiger partial charge on any atom is 0.0641 e. The van der Waals surface area contributed by atoms with Gasteiger partial charge in [0.15, 0.2) is 0 Å². The number of hydrogen-bond acceptors (Lipinski definition) is 3. The van der Waals surface area contributed by atoms with E-state index in [0.29, 0.717) is 0 Å². The van der Waals surface area contributed by atoms with Gasteiger partial charge in [0.05, 0.1) is 12.1 Å². The maximum atomic E-state index is 3.82. The third kappa shape index (κ3) is 4.01. The minimum absolute atomic E-state index is 0.234. The van der Waals surface area contributed by atoms with Crippen molar-refractivity contribution in [2.75, 3.05) is 23.7 Å². The summed E-state index contributed by atoms with van der Waals surface area (Å²) in [6.45, 7) is 1.74. The van der Waals surface area contributed by atoms with Gasteiger partial charge in [-0.2, -0.15) is 0 Å². The molecule has 0 spiro atoms. The first-order valence-corrected chi connectivity index (χ1v) is 11.9. The van der Waals surface area contributed by atoms with Gasteiger partial charge in [0.2, 0.25) is 0 Å². The van der Waals surface area contributed by atoms with Crippen molar-refractivity contribution >= 4 is 11.4 Å². The van der Waals surface area contributed by atoms with Crippen molar-refractivity contribution in [3.05, 3.63) is 130 Å². The largest absolute Gasteiger partial charge is 0.377 e. The molecule has 164 valence electrons. The Bertz CT molecular complexity index is 1180. The van der Waals surface area contributed by atoms with Gasteiger partial charge in [0.25, 0.3) is 0 Å². The smallest absolute Gasteiger partial charge is 0.0641 e. The molecule has 4 aromatic rings. The highest BCUT2D eigenvalue weighted by Crippen LogP contribution is 2.33. The van der Waals surface area contributed by atoms with E-state index >= 15 is 0 Å². The summed E-state index contributed by atoms with van der Waals surface area (Å²) in [6, 6.07) is 35.6. The van der Waals surface area contributed by atoms with E-state index in [2.05, 4.69) is 113 Å². The first-order chi connectivity index (χ1) is 16.3. The second-order valence-electron chi connectivity index (χ2n) is 9.12. The fourth-order valence-corrected chi connectivity index (χ4v) is 5.34. The third-order valence-corrected chi connectivity index (χ3v) is 7.01. The molecular formula is C30H29N3. The Hall–Kier alpha value is -3.56. The third-order valence-electron chi connectivity index (χ3n) is 7.01. The molecule has 0 radical (unpaired) electrons. The molecule has 0 saturated carbocycles. The fourth-order valence-electron chi connectivity index (χ4n) is 5.34. The number of fused-ring (bicyclic) bond motifs is 4. The Kier molecular flexibility index (Phi) is 5.33. The van der Waals surface area contributed by atoms with Gasteiger partial charge in [-0.25, -0.2) is 0 Å². The molecule has 0 saturated heterocycles. The zero-order valence-corrected chi connectivity index (χ0v) is 18.7. The molecule has 3 N–H and O–H groups in total. The van der Waals surface area contributed by atoms with Gasteiger partial charge in [0.1, 0.15) is 0 Å². The highest BCUT2D eigenvalue weighted by Gasteiger charge is 2.23. The van der Waals surface area contributed by atoms with Crippen molar-refractivity contribution in [2.45, 2.75) is 24.9 Å². The Labute approximate surface area is 195 Å². The number of anilines is 2. The molecule has 2 unspecified atom stereocenters. The molecule has 0 aromatic heterocycles. The van der Waals surface area contributed by atoms with E-state index in [1.165, 1.54) is 44.8 Å². The molecule has 0 fully saturated rings. The van der Waals surface area contributed by atoms with E-state index in [1.807, 2.05) is 0 Å². The van der Waals surface area contributed by atoms with Crippen LogP contribution in [0.5, 0.6) is 0 Å². The predicted octanol–water partition coefficient (Wildman–Crippen LogP) is 6.09. The van der Waals surface area contributed by atoms with Crippen molar-refractivity contribution in [1.29, 1.82) is 0 Å². The van der Waals surface area contributed by atoms with Crippen LogP contribution in [0.15, 0.2) is 97.1 Å². The molecule has 2 heterocycles. The van der Waals surface area contributed by atoms with E-state index in [0.717, 1.165) is 25.9 Å². The van der Waals surface area contributed by atoms with Gasteiger partial charge < -0.3 is 16.0 Å². The molecule has 0 aliphatic carbocycles. The van der Waals surface area contributed by atoms with Crippen LogP contribution in [0.4, 0.5) is 11.4 Å². The second-order valence-corrected chi connectivity index (χ2v) is 9.12. The van der Waals surface area contributed by atoms with Crippen molar-refractivity contribution in [3.8, 4) is 0 Å². The van der Waals surface area contributed by atoms with Crippen LogP contribution in [0, 0.1) is 0 Å². The van der Waals surface area contributed by atoms with E-state index < -0.39 is 0 Å². The Morgan fingerprint density at radius 2 is 0.909 bits per heavy atom. The summed E-state index contributed by atoms with van der Waals surface area (Å²) in [5.74, 6) is 0. The quantitative estimate of drug-likeness (QED) is 0.366. The molecule has 33 heavy (non-hydrogen) atoms. The van der Waals surface area contributed by atoms with Crippen LogP contribution in [-0.4, -0.2) is 13.1 Å². The van der Waals surface area contributed by atoms with Gasteiger partial charge in [0, 0.05) is 24.5 Å². The number of hydrogen-bond donors (Lipinski definition) is 3. The van der Waals surface area contributed by atoms with Crippen molar-refractivity contribution < 1.29 is 0 Å². The van der Waals surface area contributed by atoms with Crippen molar-refractivity contribution in [1.82, 2.24) is 5.32 Å². The Morgan fingerprint density at radius 3 is 1.39 bits per heavy atom. The number of para-hydroxylation sites is 2. The second kappa shape index (κ2) is 8.76. The van der Waals surface area contributed by atoms with E-state index in [9.17, 15) is 0 Å². The van der Waals surface area contributed by atoms with Crippen LogP contribution in [-0.2, 0) is 12.8 Å². The van der Waals surface area contributed by atoms with Gasteiger partial charge in [-0.05, 0) is 58.4 Å². The average molecular weight is 432 g/mol. The molecule has 3 heteroatoms. The summed E-state index contributed by atoms with van der Waals surface area (Å²) in [4.78, 5) is 0. The molecule has 3 nitrogen and oxygen atoms in total. The molecule has 2 aliphatic rings. The van der Waals surface area contributed by atoms with Crippen LogP contribution in [0.2, 0.25) is 0 Å². The van der Waals surface area contributed by atoms with E-state index in [4.69, 9.17) is 0 Å². The van der Waals surface area contributed by atoms with Gasteiger partial charge in [-0.1, -0.05) is 84.9 Å². The highest BCUT2D eigenvalue weighted by atomic mass is 15.0. The number of benzene rings is 4. The van der Waals surface area contributed by atoms with Gasteiger partial charge in [-0.15, -0.1) is 0 Å². The van der Waals surface area contributed by atoms with Crippen LogP contribution >= 0.6 is 0 Å². The highest BCUT2D eigenvalue weighted by molar-refractivity contribution is 5.59. The lowest BCUT2D eigenvalue weighted by molar-refractivity contribution is 0.584. The van der Waals surface area contributed by atoms with Gasteiger partial charge >= 0.3 is 0 Å². The standard InChI is InChI=1S/C30H29N3/c1-5-13-25-21(9-1)17-23-11-3-7-15-27(23)32-29(25)19-31-20-30-26-14-6-2-10-22(26)18-24-12-4-8-16-28(24)33-30/h1-16,29-33H,17-20H2. The van der Waals surface area contributed by atoms with Crippen molar-refractivity contribution in [3.63, 3.8) is 0 Å². The van der Waals surface area contributed by atoms with E-state index in [1.54, 1.807) is 0 Å². The zero-order chi connectivity index (χ0) is 22.0. The van der Waals surface area contributed by atoms with E-state index in [-0.39, 0.29) is 12.1 Å². The molecular weight excluding hydrogens is 402 g/mol. The summed E-state index contributed by atoms with van der Waals surface area (Å²) in [5.41, 5.74) is 10.8. The van der Waals surface area contributed by atoms with Crippen molar-refractivity contribution in [2.24, 2.45) is 0 Å². The van der Waals surface area contributed by atoms with Crippen LogP contribution in [0.3, 0.4) is 0 Å². The number of rotatable bonds is 4. The summed E-state index contributed by atoms with van der Waals surface area (Å²) in [7, 11) is 0. The molecule has 0 amide bonds. The average Bonchev–Trinajstić information content (AvgIpc) is 3.12. The number of nitrogens with one attached hydrogen (secondary N) is 3. The summed E-state index contributed by atoms with van der Waals surface area (Å²) in [5, 5.41) is 11.4. The molecule has 2 atom stereocenters. The molecule has 0 bridgehead atoms. The van der Waals surface area contributed by atoms with Crippen LogP contribution in [0.1, 0.15) is 45.5 Å². The molecule has 2 aliphatic heterocycles. The lowest BCUT2D eigenvalue weighted by Crippen LogP contribution is -2.32. The molecule has 6 rings (SSSR count). The lowest BCUT2D eigenvalue weighted by Gasteiger charge is -2.25.